The van der Waals surface area contributed by atoms with Gasteiger partial charge < -0.3 is 0 Å². The van der Waals surface area contributed by atoms with Crippen molar-refractivity contribution in [1.82, 2.24) is 0 Å². The topological polar surface area (TPSA) is 0 Å². The Hall–Kier alpha value is -3.31. The van der Waals surface area contributed by atoms with Gasteiger partial charge in [-0.2, -0.15) is 0 Å². The van der Waals surface area contributed by atoms with Gasteiger partial charge in [0.2, 0.25) is 0 Å². The molecular weight excluding hydrogens is 866 g/mol. The molecule has 6 rings (SSSR count). The van der Waals surface area contributed by atoms with Crippen LogP contribution in [-0.2, 0) is 55.3 Å². The van der Waals surface area contributed by atoms with Gasteiger partial charge in [0, 0.05) is 0 Å². The summed E-state index contributed by atoms with van der Waals surface area (Å²) < 4.78 is 90.2. The van der Waals surface area contributed by atoms with Crippen LogP contribution in [-0.4, -0.2) is 3.21 Å². The standard InChI is InChI=1S/C29H41.C15H8F6.C11H17.Zr/c1-26(2,3)22-14-18-13-19-15-23(27(4,5)6)25(29(10,11)12)17-21(19)20(18)16-24(22)28(7,8)9;16-14(17,18)12-5-1-3-10(8-12)7-11-4-2-6-13(9-11)15(19,20)21;1-5-9-6-7-10(8-9)11(2,3)4;/h13-17H,1-12H3;1-6,8-9H;7-9H,5H2,1-4H3;. The van der Waals surface area contributed by atoms with Crippen molar-refractivity contribution in [2.75, 3.05) is 0 Å². The second-order valence-electron chi connectivity index (χ2n) is 22.8. The van der Waals surface area contributed by atoms with Crippen molar-refractivity contribution >= 4 is 3.21 Å². The third kappa shape index (κ3) is 9.41. The summed E-state index contributed by atoms with van der Waals surface area (Å²) in [4.78, 5) is 0. The number of allylic oxidation sites excluding steroid dienone is 4. The number of alkyl halides is 6. The predicted molar refractivity (Wildman–Crippen MR) is 244 cm³/mol. The van der Waals surface area contributed by atoms with E-state index in [0.29, 0.717) is 14.3 Å². The van der Waals surface area contributed by atoms with Crippen molar-refractivity contribution in [2.24, 2.45) is 11.3 Å². The fraction of sp³-hybridized carbons (Fsp3) is 0.473. The molecule has 7 heteroatoms. The number of benzene rings is 4. The van der Waals surface area contributed by atoms with E-state index in [2.05, 4.69) is 147 Å². The normalized spacial score (nSPS) is 16.6. The third-order valence-corrected chi connectivity index (χ3v) is 21.2. The van der Waals surface area contributed by atoms with E-state index in [1.165, 1.54) is 49.8 Å². The van der Waals surface area contributed by atoms with E-state index in [1.807, 2.05) is 0 Å². The SMILES string of the molecule is CCC1C=C(C(C)(C)C)C=[C]1[Zr](=[C](c1cccc(C(F)(F)F)c1)c1cccc(C(F)(F)F)c1)[CH]1c2cc(C(C)(C)C)c(C(C)(C)C)cc2-c2cc(C(C)(C)C)c(C(C)(C)C)cc21. The molecule has 0 aromatic heterocycles. The van der Waals surface area contributed by atoms with Gasteiger partial charge in [0.1, 0.15) is 0 Å². The first kappa shape index (κ1) is 48.2. The van der Waals surface area contributed by atoms with Crippen molar-refractivity contribution in [3.63, 3.8) is 0 Å². The van der Waals surface area contributed by atoms with Crippen LogP contribution >= 0.6 is 0 Å². The van der Waals surface area contributed by atoms with Gasteiger partial charge in [-0.3, -0.25) is 0 Å². The average molecular weight is 932 g/mol. The molecule has 0 amide bonds. The molecule has 0 saturated heterocycles. The van der Waals surface area contributed by atoms with Crippen molar-refractivity contribution < 1.29 is 47.6 Å². The molecule has 2 aliphatic carbocycles. The summed E-state index contributed by atoms with van der Waals surface area (Å²) in [6.45, 7) is 35.5. The Morgan fingerprint density at radius 3 is 1.19 bits per heavy atom. The van der Waals surface area contributed by atoms with Crippen LogP contribution in [0.2, 0.25) is 0 Å². The maximum absolute atomic E-state index is 14.8. The van der Waals surface area contributed by atoms with Crippen LogP contribution < -0.4 is 0 Å². The van der Waals surface area contributed by atoms with Gasteiger partial charge in [-0.25, -0.2) is 0 Å². The number of hydrogen-bond donors (Lipinski definition) is 0. The van der Waals surface area contributed by atoms with Gasteiger partial charge in [0.15, 0.2) is 0 Å². The molecule has 0 bridgehead atoms. The van der Waals surface area contributed by atoms with E-state index < -0.39 is 44.7 Å². The van der Waals surface area contributed by atoms with Crippen molar-refractivity contribution in [2.45, 2.75) is 155 Å². The van der Waals surface area contributed by atoms with Crippen molar-refractivity contribution in [3.05, 3.63) is 149 Å². The second-order valence-corrected chi connectivity index (χ2v) is 28.9. The van der Waals surface area contributed by atoms with Gasteiger partial charge in [0.25, 0.3) is 0 Å². The van der Waals surface area contributed by atoms with E-state index in [4.69, 9.17) is 0 Å². The molecule has 332 valence electrons. The Morgan fingerprint density at radius 2 is 0.871 bits per heavy atom. The van der Waals surface area contributed by atoms with Crippen LogP contribution in [0.3, 0.4) is 0 Å². The van der Waals surface area contributed by atoms with Crippen molar-refractivity contribution in [1.29, 1.82) is 0 Å². The summed E-state index contributed by atoms with van der Waals surface area (Å²) in [6.07, 6.45) is -3.91. The molecule has 0 aliphatic heterocycles. The van der Waals surface area contributed by atoms with Gasteiger partial charge in [-0.05, 0) is 0 Å². The molecule has 0 N–H and O–H groups in total. The van der Waals surface area contributed by atoms with E-state index in [9.17, 15) is 26.3 Å². The summed E-state index contributed by atoms with van der Waals surface area (Å²) >= 11 is -3.96. The van der Waals surface area contributed by atoms with Crippen LogP contribution in [0.1, 0.15) is 176 Å². The van der Waals surface area contributed by atoms with Crippen LogP contribution in [0.15, 0.2) is 93.8 Å². The van der Waals surface area contributed by atoms with Gasteiger partial charge in [-0.1, -0.05) is 0 Å². The van der Waals surface area contributed by atoms with Crippen LogP contribution in [0.25, 0.3) is 11.1 Å². The summed E-state index contributed by atoms with van der Waals surface area (Å²) in [6, 6.07) is 20.3. The zero-order valence-corrected chi connectivity index (χ0v) is 42.2. The molecule has 62 heavy (non-hydrogen) atoms. The van der Waals surface area contributed by atoms with Crippen LogP contribution in [0, 0.1) is 11.3 Å². The Kier molecular flexibility index (Phi) is 12.4. The monoisotopic (exact) mass is 930 g/mol. The molecule has 1 unspecified atom stereocenters. The summed E-state index contributed by atoms with van der Waals surface area (Å²) in [5.41, 5.74) is 8.42. The van der Waals surface area contributed by atoms with Gasteiger partial charge in [-0.15, -0.1) is 0 Å². The average Bonchev–Trinajstić information content (AvgIpc) is 3.70. The molecular formula is C55H66F6Zr. The zero-order valence-electron chi connectivity index (χ0n) is 39.7. The molecule has 4 aromatic carbocycles. The van der Waals surface area contributed by atoms with E-state index >= 15 is 0 Å². The van der Waals surface area contributed by atoms with E-state index in [1.54, 1.807) is 12.1 Å². The quantitative estimate of drug-likeness (QED) is 0.175. The number of hydrogen-bond acceptors (Lipinski definition) is 0. The molecule has 0 heterocycles. The number of fused-ring (bicyclic) bond motifs is 3. The Bertz CT molecular complexity index is 2340. The Morgan fingerprint density at radius 1 is 0.500 bits per heavy atom. The zero-order chi connectivity index (χ0) is 46.5. The molecule has 0 nitrogen and oxygen atoms in total. The Balaban J connectivity index is 1.95. The first-order valence-electron chi connectivity index (χ1n) is 22.1. The van der Waals surface area contributed by atoms with E-state index in [-0.39, 0.29) is 36.6 Å². The molecule has 2 aliphatic rings. The first-order chi connectivity index (χ1) is 28.1. The molecule has 0 fully saturated rings. The second kappa shape index (κ2) is 16.0. The fourth-order valence-corrected chi connectivity index (χ4v) is 19.2. The van der Waals surface area contributed by atoms with Gasteiger partial charge >= 0.3 is 378 Å². The van der Waals surface area contributed by atoms with Crippen molar-refractivity contribution in [3.8, 4) is 11.1 Å². The fourth-order valence-electron chi connectivity index (χ4n) is 9.48. The molecule has 1 atom stereocenters. The Labute approximate surface area is 375 Å². The molecule has 0 spiro atoms. The van der Waals surface area contributed by atoms with E-state index in [0.717, 1.165) is 46.4 Å². The molecule has 0 radical (unpaired) electrons. The van der Waals surface area contributed by atoms with Crippen LogP contribution in [0.5, 0.6) is 0 Å². The summed E-state index contributed by atoms with van der Waals surface area (Å²) in [7, 11) is 0. The predicted octanol–water partition coefficient (Wildman–Crippen LogP) is 16.8. The van der Waals surface area contributed by atoms with Gasteiger partial charge in [0.05, 0.1) is 0 Å². The number of halogens is 6. The van der Waals surface area contributed by atoms with Crippen LogP contribution in [0.4, 0.5) is 26.3 Å². The minimum atomic E-state index is -4.65. The minimum absolute atomic E-state index is 0.0235. The summed E-state index contributed by atoms with van der Waals surface area (Å²) in [5.74, 6) is -0.0235. The first-order valence-corrected chi connectivity index (χ1v) is 25.9. The summed E-state index contributed by atoms with van der Waals surface area (Å²) in [5, 5.41) is 0. The maximum atomic E-state index is 14.8. The number of rotatable bonds is 5. The third-order valence-electron chi connectivity index (χ3n) is 12.7. The molecule has 4 aromatic rings. The molecule has 0 saturated carbocycles.